The van der Waals surface area contributed by atoms with E-state index in [4.69, 9.17) is 9.15 Å². The first-order chi connectivity index (χ1) is 14.2. The van der Waals surface area contributed by atoms with Crippen LogP contribution in [0.4, 0.5) is 4.79 Å². The van der Waals surface area contributed by atoms with Gasteiger partial charge in [-0.05, 0) is 50.1 Å². The van der Waals surface area contributed by atoms with E-state index in [1.807, 2.05) is 24.0 Å². The highest BCUT2D eigenvalue weighted by Gasteiger charge is 2.29. The van der Waals surface area contributed by atoms with Crippen LogP contribution in [0.3, 0.4) is 0 Å². The van der Waals surface area contributed by atoms with Gasteiger partial charge in [0.2, 0.25) is 0 Å². The second kappa shape index (κ2) is 9.46. The molecule has 2 aliphatic heterocycles. The molecule has 0 spiro atoms. The summed E-state index contributed by atoms with van der Waals surface area (Å²) < 4.78 is 10.7. The molecular weight excluding hydrogens is 366 g/mol. The highest BCUT2D eigenvalue weighted by molar-refractivity contribution is 5.67. The summed E-state index contributed by atoms with van der Waals surface area (Å²) in [6.07, 6.45) is 4.01. The number of carbonyl (C=O) groups is 1. The zero-order valence-electron chi connectivity index (χ0n) is 17.3. The SMILES string of the molecule is CCOC(=O)N1CCN([C@@H]2CCCN(Cc3cccc(-c4ccco4)c3)C2)CC1. The lowest BCUT2D eigenvalue weighted by Crippen LogP contribution is -2.55. The number of hydrogen-bond acceptors (Lipinski definition) is 5. The molecule has 0 aliphatic carbocycles. The number of ether oxygens (including phenoxy) is 1. The molecule has 2 aliphatic rings. The average Bonchev–Trinajstić information content (AvgIpc) is 3.30. The van der Waals surface area contributed by atoms with E-state index in [0.717, 1.165) is 57.1 Å². The average molecular weight is 398 g/mol. The second-order valence-corrected chi connectivity index (χ2v) is 7.93. The fourth-order valence-electron chi connectivity index (χ4n) is 4.48. The van der Waals surface area contributed by atoms with Crippen LogP contribution in [-0.4, -0.2) is 72.7 Å². The Morgan fingerprint density at radius 1 is 1.14 bits per heavy atom. The minimum absolute atomic E-state index is 0.172. The maximum atomic E-state index is 11.9. The van der Waals surface area contributed by atoms with Gasteiger partial charge < -0.3 is 14.1 Å². The number of furan rings is 1. The van der Waals surface area contributed by atoms with Crippen molar-refractivity contribution in [2.45, 2.75) is 32.4 Å². The molecule has 2 aromatic rings. The molecule has 3 heterocycles. The lowest BCUT2D eigenvalue weighted by atomic mass is 10.0. The summed E-state index contributed by atoms with van der Waals surface area (Å²) >= 11 is 0. The van der Waals surface area contributed by atoms with Gasteiger partial charge in [-0.25, -0.2) is 4.79 Å². The summed E-state index contributed by atoms with van der Waals surface area (Å²) in [5, 5.41) is 0. The van der Waals surface area contributed by atoms with Crippen molar-refractivity contribution >= 4 is 6.09 Å². The Morgan fingerprint density at radius 3 is 2.76 bits per heavy atom. The topological polar surface area (TPSA) is 49.2 Å². The van der Waals surface area contributed by atoms with E-state index in [2.05, 4.69) is 34.1 Å². The number of piperidine rings is 1. The first-order valence-electron chi connectivity index (χ1n) is 10.7. The van der Waals surface area contributed by atoms with Crippen molar-refractivity contribution in [3.05, 3.63) is 48.2 Å². The molecule has 29 heavy (non-hydrogen) atoms. The molecule has 2 fully saturated rings. The summed E-state index contributed by atoms with van der Waals surface area (Å²) in [7, 11) is 0. The predicted molar refractivity (Wildman–Crippen MR) is 113 cm³/mol. The first kappa shape index (κ1) is 20.0. The van der Waals surface area contributed by atoms with Crippen LogP contribution in [0.15, 0.2) is 47.1 Å². The quantitative estimate of drug-likeness (QED) is 0.770. The molecule has 1 amide bonds. The number of benzene rings is 1. The molecule has 156 valence electrons. The molecule has 6 nitrogen and oxygen atoms in total. The Balaban J connectivity index is 1.31. The van der Waals surface area contributed by atoms with E-state index in [-0.39, 0.29) is 6.09 Å². The van der Waals surface area contributed by atoms with E-state index in [0.29, 0.717) is 12.6 Å². The largest absolute Gasteiger partial charge is 0.464 e. The van der Waals surface area contributed by atoms with Crippen molar-refractivity contribution in [1.82, 2.24) is 14.7 Å². The van der Waals surface area contributed by atoms with Crippen molar-refractivity contribution in [3.63, 3.8) is 0 Å². The van der Waals surface area contributed by atoms with Gasteiger partial charge in [-0.15, -0.1) is 0 Å². The number of nitrogens with zero attached hydrogens (tertiary/aromatic N) is 3. The second-order valence-electron chi connectivity index (χ2n) is 7.93. The number of likely N-dealkylation sites (tertiary alicyclic amines) is 1. The van der Waals surface area contributed by atoms with E-state index < -0.39 is 0 Å². The summed E-state index contributed by atoms with van der Waals surface area (Å²) in [5.41, 5.74) is 2.46. The van der Waals surface area contributed by atoms with Gasteiger partial charge >= 0.3 is 6.09 Å². The van der Waals surface area contributed by atoms with Crippen molar-refractivity contribution in [1.29, 1.82) is 0 Å². The number of rotatable bonds is 5. The zero-order valence-corrected chi connectivity index (χ0v) is 17.3. The fraction of sp³-hybridized carbons (Fsp3) is 0.522. The monoisotopic (exact) mass is 397 g/mol. The molecule has 0 radical (unpaired) electrons. The molecule has 1 aromatic heterocycles. The van der Waals surface area contributed by atoms with Crippen LogP contribution in [0.2, 0.25) is 0 Å². The number of carbonyl (C=O) groups excluding carboxylic acids is 1. The van der Waals surface area contributed by atoms with Crippen LogP contribution in [0.1, 0.15) is 25.3 Å². The number of piperazine rings is 1. The molecule has 6 heteroatoms. The lowest BCUT2D eigenvalue weighted by molar-refractivity contribution is 0.0412. The van der Waals surface area contributed by atoms with Crippen LogP contribution in [-0.2, 0) is 11.3 Å². The van der Waals surface area contributed by atoms with Gasteiger partial charge in [0, 0.05) is 50.9 Å². The van der Waals surface area contributed by atoms with Gasteiger partial charge in [-0.2, -0.15) is 0 Å². The van der Waals surface area contributed by atoms with Crippen molar-refractivity contribution in [2.24, 2.45) is 0 Å². The minimum atomic E-state index is -0.172. The molecule has 4 rings (SSSR count). The van der Waals surface area contributed by atoms with Gasteiger partial charge in [0.1, 0.15) is 5.76 Å². The van der Waals surface area contributed by atoms with E-state index in [1.165, 1.54) is 18.4 Å². The highest BCUT2D eigenvalue weighted by Crippen LogP contribution is 2.23. The Morgan fingerprint density at radius 2 is 2.00 bits per heavy atom. The van der Waals surface area contributed by atoms with Gasteiger partial charge in [-0.1, -0.05) is 18.2 Å². The third-order valence-electron chi connectivity index (χ3n) is 5.98. The smallest absolute Gasteiger partial charge is 0.409 e. The van der Waals surface area contributed by atoms with E-state index in [1.54, 1.807) is 6.26 Å². The maximum Gasteiger partial charge on any atom is 0.409 e. The molecule has 0 unspecified atom stereocenters. The van der Waals surface area contributed by atoms with Gasteiger partial charge in [0.15, 0.2) is 0 Å². The summed E-state index contributed by atoms with van der Waals surface area (Å²) in [4.78, 5) is 18.9. The molecule has 0 N–H and O–H groups in total. The lowest BCUT2D eigenvalue weighted by Gasteiger charge is -2.43. The number of amides is 1. The predicted octanol–water partition coefficient (Wildman–Crippen LogP) is 3.69. The zero-order chi connectivity index (χ0) is 20.1. The van der Waals surface area contributed by atoms with Crippen LogP contribution >= 0.6 is 0 Å². The van der Waals surface area contributed by atoms with Crippen molar-refractivity contribution < 1.29 is 13.9 Å². The Kier molecular flexibility index (Phi) is 6.52. The highest BCUT2D eigenvalue weighted by atomic mass is 16.6. The minimum Gasteiger partial charge on any atom is -0.464 e. The Bertz CT molecular complexity index is 784. The molecule has 2 saturated heterocycles. The van der Waals surface area contributed by atoms with E-state index in [9.17, 15) is 4.79 Å². The fourth-order valence-corrected chi connectivity index (χ4v) is 4.48. The Hall–Kier alpha value is -2.31. The molecule has 1 atom stereocenters. The summed E-state index contributed by atoms with van der Waals surface area (Å²) in [6, 6.07) is 13.2. The van der Waals surface area contributed by atoms with Crippen LogP contribution < -0.4 is 0 Å². The molecule has 0 saturated carbocycles. The van der Waals surface area contributed by atoms with Crippen LogP contribution in [0.5, 0.6) is 0 Å². The summed E-state index contributed by atoms with van der Waals surface area (Å²) in [6.45, 7) is 8.90. The molecular formula is C23H31N3O3. The van der Waals surface area contributed by atoms with Crippen molar-refractivity contribution in [3.8, 4) is 11.3 Å². The van der Waals surface area contributed by atoms with Crippen LogP contribution in [0, 0.1) is 0 Å². The summed E-state index contributed by atoms with van der Waals surface area (Å²) in [5.74, 6) is 0.919. The van der Waals surface area contributed by atoms with Gasteiger partial charge in [0.25, 0.3) is 0 Å². The third-order valence-corrected chi connectivity index (χ3v) is 5.98. The molecule has 1 aromatic carbocycles. The molecule has 0 bridgehead atoms. The maximum absolute atomic E-state index is 11.9. The number of hydrogen-bond donors (Lipinski definition) is 0. The van der Waals surface area contributed by atoms with Gasteiger partial charge in [-0.3, -0.25) is 9.80 Å². The Labute approximate surface area is 173 Å². The van der Waals surface area contributed by atoms with E-state index >= 15 is 0 Å². The van der Waals surface area contributed by atoms with Crippen LogP contribution in [0.25, 0.3) is 11.3 Å². The van der Waals surface area contributed by atoms with Crippen molar-refractivity contribution in [2.75, 3.05) is 45.9 Å². The first-order valence-corrected chi connectivity index (χ1v) is 10.7. The normalized spacial score (nSPS) is 21.3. The van der Waals surface area contributed by atoms with Gasteiger partial charge in [0.05, 0.1) is 12.9 Å². The standard InChI is InChI=1S/C23H31N3O3/c1-2-28-23(27)26-13-11-25(12-14-26)21-8-4-10-24(18-21)17-19-6-3-7-20(16-19)22-9-5-15-29-22/h3,5-7,9,15-16,21H,2,4,8,10-14,17-18H2,1H3/t21-/m1/s1. The third kappa shape index (κ3) is 5.00.